The van der Waals surface area contributed by atoms with Crippen molar-refractivity contribution in [1.82, 2.24) is 14.7 Å². The van der Waals surface area contributed by atoms with Crippen molar-refractivity contribution in [2.24, 2.45) is 7.05 Å². The molecule has 5 rings (SSSR count). The minimum atomic E-state index is -0.493. The Morgan fingerprint density at radius 1 is 1.15 bits per heavy atom. The molecule has 1 saturated heterocycles. The molecule has 34 heavy (non-hydrogen) atoms. The van der Waals surface area contributed by atoms with E-state index >= 15 is 0 Å². The number of ether oxygens (including phenoxy) is 3. The fourth-order valence-corrected chi connectivity index (χ4v) is 5.06. The van der Waals surface area contributed by atoms with Gasteiger partial charge in [0.15, 0.2) is 0 Å². The van der Waals surface area contributed by atoms with E-state index in [1.165, 1.54) is 0 Å². The lowest BCUT2D eigenvalue weighted by Gasteiger charge is -2.44. The first-order valence-corrected chi connectivity index (χ1v) is 11.8. The van der Waals surface area contributed by atoms with Gasteiger partial charge < -0.3 is 19.1 Å². The highest BCUT2D eigenvalue weighted by atomic mass is 16.5. The molecule has 7 heteroatoms. The number of amides is 1. The summed E-state index contributed by atoms with van der Waals surface area (Å²) in [4.78, 5) is 15.2. The Hall–Kier alpha value is -3.48. The van der Waals surface area contributed by atoms with Crippen molar-refractivity contribution in [3.8, 4) is 28.5 Å². The number of piperidine rings is 1. The van der Waals surface area contributed by atoms with Gasteiger partial charge in [-0.25, -0.2) is 0 Å². The minimum Gasteiger partial charge on any atom is -0.497 e. The number of carbonyl (C=O) groups is 1. The van der Waals surface area contributed by atoms with Crippen LogP contribution in [-0.4, -0.2) is 46.9 Å². The average molecular weight is 462 g/mol. The number of rotatable bonds is 4. The van der Waals surface area contributed by atoms with Gasteiger partial charge in [-0.2, -0.15) is 5.10 Å². The van der Waals surface area contributed by atoms with E-state index in [1.54, 1.807) is 7.11 Å². The molecular formula is C27H31N3O4. The molecule has 2 aromatic carbocycles. The lowest BCUT2D eigenvalue weighted by molar-refractivity contribution is -0.00176. The molecule has 7 nitrogen and oxygen atoms in total. The number of methoxy groups -OCH3 is 1. The van der Waals surface area contributed by atoms with Gasteiger partial charge in [0.25, 0.3) is 5.91 Å². The second kappa shape index (κ2) is 8.38. The summed E-state index contributed by atoms with van der Waals surface area (Å²) in [7, 11) is 3.62. The molecule has 1 amide bonds. The van der Waals surface area contributed by atoms with Gasteiger partial charge in [-0.1, -0.05) is 0 Å². The van der Waals surface area contributed by atoms with Gasteiger partial charge in [0.1, 0.15) is 22.8 Å². The Bertz CT molecular complexity index is 1240. The van der Waals surface area contributed by atoms with Crippen LogP contribution < -0.4 is 14.2 Å². The number of hydrogen-bond acceptors (Lipinski definition) is 5. The van der Waals surface area contributed by atoms with E-state index in [0.717, 1.165) is 39.6 Å². The van der Waals surface area contributed by atoms with Crippen molar-refractivity contribution < 1.29 is 19.0 Å². The highest BCUT2D eigenvalue weighted by Crippen LogP contribution is 2.50. The summed E-state index contributed by atoms with van der Waals surface area (Å²) in [6, 6.07) is 11.6. The number of carbonyl (C=O) groups excluding carboxylic acids is 1. The molecule has 1 fully saturated rings. The number of likely N-dealkylation sites (tertiary alicyclic amines) is 1. The Kier molecular flexibility index (Phi) is 5.50. The van der Waals surface area contributed by atoms with Crippen LogP contribution in [-0.2, 0) is 12.6 Å². The van der Waals surface area contributed by atoms with Crippen molar-refractivity contribution in [1.29, 1.82) is 0 Å². The molecule has 0 radical (unpaired) electrons. The lowest BCUT2D eigenvalue weighted by atomic mass is 9.81. The Morgan fingerprint density at radius 2 is 1.91 bits per heavy atom. The molecule has 0 bridgehead atoms. The molecule has 0 unspecified atom stereocenters. The third kappa shape index (κ3) is 3.69. The summed E-state index contributed by atoms with van der Waals surface area (Å²) in [6.07, 6.45) is 3.41. The van der Waals surface area contributed by atoms with Crippen LogP contribution in [0.15, 0.2) is 42.6 Å². The van der Waals surface area contributed by atoms with Crippen molar-refractivity contribution >= 4 is 5.91 Å². The van der Waals surface area contributed by atoms with Crippen LogP contribution >= 0.6 is 0 Å². The summed E-state index contributed by atoms with van der Waals surface area (Å²) in [5.74, 6) is 2.47. The zero-order valence-electron chi connectivity index (χ0n) is 20.4. The maximum absolute atomic E-state index is 13.3. The number of nitrogens with zero attached hydrogens (tertiary/aromatic N) is 3. The minimum absolute atomic E-state index is 0.0430. The van der Waals surface area contributed by atoms with Gasteiger partial charge in [-0.05, 0) is 62.7 Å². The highest BCUT2D eigenvalue weighted by Gasteiger charge is 2.46. The predicted octanol–water partition coefficient (Wildman–Crippen LogP) is 4.72. The fourth-order valence-electron chi connectivity index (χ4n) is 5.06. The zero-order valence-corrected chi connectivity index (χ0v) is 20.4. The van der Waals surface area contributed by atoms with E-state index in [2.05, 4.69) is 5.10 Å². The summed E-state index contributed by atoms with van der Waals surface area (Å²) >= 11 is 0. The van der Waals surface area contributed by atoms with Crippen LogP contribution in [0.3, 0.4) is 0 Å². The highest BCUT2D eigenvalue weighted by molar-refractivity contribution is 5.94. The summed E-state index contributed by atoms with van der Waals surface area (Å²) in [6.45, 7) is 7.20. The fraction of sp³-hybridized carbons (Fsp3) is 0.407. The van der Waals surface area contributed by atoms with E-state index in [9.17, 15) is 4.79 Å². The smallest absolute Gasteiger partial charge is 0.253 e. The summed E-state index contributed by atoms with van der Waals surface area (Å²) in [5.41, 5.74) is 4.28. The van der Waals surface area contributed by atoms with Crippen LogP contribution in [0.4, 0.5) is 0 Å². The van der Waals surface area contributed by atoms with Crippen LogP contribution in [0.25, 0.3) is 11.3 Å². The SMILES string of the molecule is COc1ccc2c(c1)-c1c(cnn1C)C1(CCN(C(=O)c3ccc(OC(C)C)c(C)c3)CC1)O2. The second-order valence-electron chi connectivity index (χ2n) is 9.43. The van der Waals surface area contributed by atoms with Crippen molar-refractivity contribution in [2.45, 2.75) is 45.3 Å². The van der Waals surface area contributed by atoms with Crippen LogP contribution in [0.1, 0.15) is 48.2 Å². The Labute approximate surface area is 200 Å². The summed E-state index contributed by atoms with van der Waals surface area (Å²) in [5, 5.41) is 4.55. The molecule has 0 N–H and O–H groups in total. The molecule has 1 aromatic heterocycles. The van der Waals surface area contributed by atoms with Crippen LogP contribution in [0.5, 0.6) is 17.2 Å². The average Bonchev–Trinajstić information content (AvgIpc) is 3.23. The second-order valence-corrected chi connectivity index (χ2v) is 9.43. The summed E-state index contributed by atoms with van der Waals surface area (Å²) < 4.78 is 19.8. The van der Waals surface area contributed by atoms with Gasteiger partial charge >= 0.3 is 0 Å². The maximum Gasteiger partial charge on any atom is 0.253 e. The molecule has 2 aliphatic heterocycles. The molecule has 0 saturated carbocycles. The molecule has 3 heterocycles. The van der Waals surface area contributed by atoms with Gasteiger partial charge in [0.2, 0.25) is 0 Å². The van der Waals surface area contributed by atoms with Gasteiger partial charge in [-0.3, -0.25) is 9.48 Å². The van der Waals surface area contributed by atoms with E-state index in [0.29, 0.717) is 31.5 Å². The number of aromatic nitrogens is 2. The largest absolute Gasteiger partial charge is 0.497 e. The normalized spacial score (nSPS) is 16.1. The predicted molar refractivity (Wildman–Crippen MR) is 130 cm³/mol. The Morgan fingerprint density at radius 3 is 2.59 bits per heavy atom. The van der Waals surface area contributed by atoms with Crippen LogP contribution in [0, 0.1) is 6.92 Å². The van der Waals surface area contributed by atoms with Gasteiger partial charge in [0, 0.05) is 49.7 Å². The molecule has 1 spiro atoms. The van der Waals surface area contributed by atoms with Crippen molar-refractivity contribution in [2.75, 3.05) is 20.2 Å². The third-order valence-corrected chi connectivity index (χ3v) is 6.82. The zero-order chi connectivity index (χ0) is 24.0. The van der Waals surface area contributed by atoms with Crippen LogP contribution in [0.2, 0.25) is 0 Å². The number of fused-ring (bicyclic) bond motifs is 4. The molecule has 0 atom stereocenters. The van der Waals surface area contributed by atoms with E-state index in [-0.39, 0.29) is 12.0 Å². The standard InChI is InChI=1S/C27H31N3O4/c1-17(2)33-23-8-6-19(14-18(23)3)26(31)30-12-10-27(11-13-30)22-16-28-29(4)25(22)21-15-20(32-5)7-9-24(21)34-27/h6-9,14-17H,10-13H2,1-5H3. The van der Waals surface area contributed by atoms with E-state index < -0.39 is 5.60 Å². The van der Waals surface area contributed by atoms with Crippen molar-refractivity contribution in [3.63, 3.8) is 0 Å². The first kappa shape index (κ1) is 22.3. The first-order valence-electron chi connectivity index (χ1n) is 11.8. The topological polar surface area (TPSA) is 65.8 Å². The Balaban J connectivity index is 1.37. The van der Waals surface area contributed by atoms with Gasteiger partial charge in [-0.15, -0.1) is 0 Å². The van der Waals surface area contributed by atoms with Gasteiger partial charge in [0.05, 0.1) is 25.1 Å². The van der Waals surface area contributed by atoms with Crippen molar-refractivity contribution in [3.05, 3.63) is 59.3 Å². The molecule has 2 aliphatic rings. The van der Waals surface area contributed by atoms with E-state index in [1.807, 2.05) is 80.0 Å². The molecular weight excluding hydrogens is 430 g/mol. The molecule has 178 valence electrons. The monoisotopic (exact) mass is 461 g/mol. The quantitative estimate of drug-likeness (QED) is 0.563. The number of hydrogen-bond donors (Lipinski definition) is 0. The first-order chi connectivity index (χ1) is 16.3. The third-order valence-electron chi connectivity index (χ3n) is 6.82. The number of benzene rings is 2. The lowest BCUT2D eigenvalue weighted by Crippen LogP contribution is -2.49. The van der Waals surface area contributed by atoms with E-state index in [4.69, 9.17) is 14.2 Å². The molecule has 3 aromatic rings. The maximum atomic E-state index is 13.3. The molecule has 0 aliphatic carbocycles. The number of aryl methyl sites for hydroxylation is 2.